The highest BCUT2D eigenvalue weighted by Crippen LogP contribution is 2.36. The fourth-order valence-corrected chi connectivity index (χ4v) is 3.83. The molecule has 0 saturated carbocycles. The average Bonchev–Trinajstić information content (AvgIpc) is 3.24. The SMILES string of the molecule is CCCCn1c(=O)[nH]n(C2=NC(c3ccccc3)(c3ccccc3)C(=O)N2)c1=S. The number of amides is 1. The summed E-state index contributed by atoms with van der Waals surface area (Å²) < 4.78 is 3.14. The van der Waals surface area contributed by atoms with Crippen LogP contribution in [0, 0.1) is 4.77 Å². The first-order chi connectivity index (χ1) is 14.1. The third kappa shape index (κ3) is 3.15. The molecule has 2 N–H and O–H groups in total. The largest absolute Gasteiger partial charge is 0.342 e. The minimum absolute atomic E-state index is 0.208. The Hall–Kier alpha value is -3.26. The van der Waals surface area contributed by atoms with E-state index in [-0.39, 0.29) is 22.3 Å². The van der Waals surface area contributed by atoms with Gasteiger partial charge in [-0.15, -0.1) is 0 Å². The molecule has 3 aromatic rings. The lowest BCUT2D eigenvalue weighted by molar-refractivity contribution is -0.122. The van der Waals surface area contributed by atoms with E-state index in [2.05, 4.69) is 10.4 Å². The van der Waals surface area contributed by atoms with E-state index in [1.165, 1.54) is 9.25 Å². The van der Waals surface area contributed by atoms with Gasteiger partial charge in [0.2, 0.25) is 10.7 Å². The van der Waals surface area contributed by atoms with Gasteiger partial charge < -0.3 is 0 Å². The maximum atomic E-state index is 13.3. The van der Waals surface area contributed by atoms with E-state index < -0.39 is 5.54 Å². The average molecular weight is 407 g/mol. The molecule has 2 heterocycles. The van der Waals surface area contributed by atoms with Crippen LogP contribution in [-0.2, 0) is 16.9 Å². The summed E-state index contributed by atoms with van der Waals surface area (Å²) in [5.41, 5.74) is -0.108. The van der Waals surface area contributed by atoms with Crippen molar-refractivity contribution >= 4 is 24.1 Å². The van der Waals surface area contributed by atoms with Gasteiger partial charge in [0, 0.05) is 6.54 Å². The molecule has 1 aliphatic heterocycles. The lowest BCUT2D eigenvalue weighted by atomic mass is 9.83. The first-order valence-electron chi connectivity index (χ1n) is 9.52. The second-order valence-corrected chi connectivity index (χ2v) is 7.24. The van der Waals surface area contributed by atoms with Gasteiger partial charge in [0.25, 0.3) is 5.91 Å². The Morgan fingerprint density at radius 1 is 1.00 bits per heavy atom. The zero-order chi connectivity index (χ0) is 20.4. The monoisotopic (exact) mass is 407 g/mol. The standard InChI is InChI=1S/C21H21N5O2S/c1-2-3-14-25-19(28)24-26(20(25)29)18-22-17(27)21(23-18,15-10-6-4-7-11-15)16-12-8-5-9-13-16/h4-13H,2-3,14H2,1H3,(H,24,28)(H,22,23,27). The Balaban J connectivity index is 1.89. The molecule has 2 aromatic carbocycles. The van der Waals surface area contributed by atoms with Crippen LogP contribution in [0.4, 0.5) is 0 Å². The predicted molar refractivity (Wildman–Crippen MR) is 113 cm³/mol. The molecule has 0 bridgehead atoms. The van der Waals surface area contributed by atoms with Gasteiger partial charge >= 0.3 is 5.69 Å². The molecule has 0 spiro atoms. The highest BCUT2D eigenvalue weighted by atomic mass is 32.1. The van der Waals surface area contributed by atoms with Crippen molar-refractivity contribution in [3.63, 3.8) is 0 Å². The third-order valence-electron chi connectivity index (χ3n) is 5.03. The van der Waals surface area contributed by atoms with E-state index in [0.29, 0.717) is 6.54 Å². The Morgan fingerprint density at radius 2 is 1.59 bits per heavy atom. The predicted octanol–water partition coefficient (Wildman–Crippen LogP) is 2.79. The molecule has 8 heteroatoms. The van der Waals surface area contributed by atoms with Crippen molar-refractivity contribution in [1.29, 1.82) is 0 Å². The molecule has 0 unspecified atom stereocenters. The first kappa shape index (κ1) is 19.1. The number of rotatable bonds is 5. The molecule has 7 nitrogen and oxygen atoms in total. The number of hydrogen-bond acceptors (Lipinski definition) is 4. The number of aliphatic imine (C=N–C) groups is 1. The molecular weight excluding hydrogens is 386 g/mol. The number of carbonyl (C=O) groups is 1. The van der Waals surface area contributed by atoms with Gasteiger partial charge in [-0.3, -0.25) is 14.7 Å². The number of hydrogen-bond donors (Lipinski definition) is 2. The zero-order valence-corrected chi connectivity index (χ0v) is 16.8. The minimum atomic E-state index is -1.25. The number of H-pyrrole nitrogens is 1. The fraction of sp³-hybridized carbons (Fsp3) is 0.238. The Morgan fingerprint density at radius 3 is 2.14 bits per heavy atom. The first-order valence-corrected chi connectivity index (χ1v) is 9.93. The van der Waals surface area contributed by atoms with Gasteiger partial charge in [-0.2, -0.15) is 4.68 Å². The summed E-state index contributed by atoms with van der Waals surface area (Å²) >= 11 is 5.47. The van der Waals surface area contributed by atoms with E-state index in [1.807, 2.05) is 67.6 Å². The van der Waals surface area contributed by atoms with Crippen LogP contribution in [0.5, 0.6) is 0 Å². The van der Waals surface area contributed by atoms with Crippen LogP contribution in [0.15, 0.2) is 70.5 Å². The van der Waals surface area contributed by atoms with E-state index in [1.54, 1.807) is 0 Å². The number of carbonyl (C=O) groups excluding carboxylic acids is 1. The summed E-state index contributed by atoms with van der Waals surface area (Å²) in [6, 6.07) is 18.7. The number of nitrogens with zero attached hydrogens (tertiary/aromatic N) is 3. The summed E-state index contributed by atoms with van der Waals surface area (Å²) in [6.07, 6.45) is 1.77. The molecular formula is C21H21N5O2S. The molecule has 148 valence electrons. The van der Waals surface area contributed by atoms with Crippen molar-refractivity contribution in [3.05, 3.63) is 87.0 Å². The van der Waals surface area contributed by atoms with Crippen molar-refractivity contribution in [2.75, 3.05) is 0 Å². The summed E-state index contributed by atoms with van der Waals surface area (Å²) in [5.74, 6) is -0.0889. The molecule has 0 aliphatic carbocycles. The molecule has 0 saturated heterocycles. The van der Waals surface area contributed by atoms with Crippen LogP contribution in [0.1, 0.15) is 30.9 Å². The van der Waals surface area contributed by atoms with Gasteiger partial charge in [0.05, 0.1) is 0 Å². The fourth-order valence-electron chi connectivity index (χ4n) is 3.52. The van der Waals surface area contributed by atoms with Crippen LogP contribution in [0.25, 0.3) is 0 Å². The molecule has 0 radical (unpaired) electrons. The van der Waals surface area contributed by atoms with Crippen LogP contribution in [-0.4, -0.2) is 26.2 Å². The van der Waals surface area contributed by atoms with Crippen LogP contribution in [0.3, 0.4) is 0 Å². The number of unbranched alkanes of at least 4 members (excludes halogenated alkanes) is 1. The maximum Gasteiger partial charge on any atom is 0.342 e. The van der Waals surface area contributed by atoms with Crippen LogP contribution in [0.2, 0.25) is 0 Å². The second kappa shape index (κ2) is 7.63. The number of aromatic amines is 1. The molecule has 29 heavy (non-hydrogen) atoms. The summed E-state index contributed by atoms with van der Waals surface area (Å²) in [6.45, 7) is 2.56. The van der Waals surface area contributed by atoms with E-state index in [9.17, 15) is 9.59 Å². The second-order valence-electron chi connectivity index (χ2n) is 6.87. The van der Waals surface area contributed by atoms with Crippen LogP contribution < -0.4 is 11.0 Å². The smallest absolute Gasteiger partial charge is 0.292 e. The van der Waals surface area contributed by atoms with Gasteiger partial charge in [-0.1, -0.05) is 74.0 Å². The minimum Gasteiger partial charge on any atom is -0.292 e. The zero-order valence-electron chi connectivity index (χ0n) is 16.0. The molecule has 1 aliphatic rings. The van der Waals surface area contributed by atoms with E-state index in [4.69, 9.17) is 17.2 Å². The van der Waals surface area contributed by atoms with E-state index >= 15 is 0 Å². The molecule has 4 rings (SSSR count). The lowest BCUT2D eigenvalue weighted by Gasteiger charge is -2.24. The van der Waals surface area contributed by atoms with Crippen molar-refractivity contribution in [1.82, 2.24) is 19.7 Å². The van der Waals surface area contributed by atoms with Gasteiger partial charge in [-0.25, -0.2) is 14.9 Å². The Kier molecular flexibility index (Phi) is 5.02. The van der Waals surface area contributed by atoms with Gasteiger partial charge in [0.15, 0.2) is 5.54 Å². The van der Waals surface area contributed by atoms with Crippen molar-refractivity contribution in [2.45, 2.75) is 31.8 Å². The molecule has 1 aromatic heterocycles. The summed E-state index contributed by atoms with van der Waals surface area (Å²) in [5, 5.41) is 5.52. The lowest BCUT2D eigenvalue weighted by Crippen LogP contribution is -2.39. The molecule has 0 fully saturated rings. The Labute approximate surface area is 172 Å². The van der Waals surface area contributed by atoms with Crippen molar-refractivity contribution in [3.8, 4) is 0 Å². The highest BCUT2D eigenvalue weighted by molar-refractivity contribution is 7.71. The Bertz CT molecular complexity index is 1140. The van der Waals surface area contributed by atoms with Crippen LogP contribution >= 0.6 is 12.2 Å². The highest BCUT2D eigenvalue weighted by Gasteiger charge is 2.47. The topological polar surface area (TPSA) is 84.2 Å². The molecule has 0 atom stereocenters. The maximum absolute atomic E-state index is 13.3. The van der Waals surface area contributed by atoms with Gasteiger partial charge in [-0.05, 0) is 29.8 Å². The summed E-state index contributed by atoms with van der Waals surface area (Å²) in [7, 11) is 0. The summed E-state index contributed by atoms with van der Waals surface area (Å²) in [4.78, 5) is 30.4. The number of aromatic nitrogens is 3. The number of nitrogens with one attached hydrogen (secondary N) is 2. The van der Waals surface area contributed by atoms with Gasteiger partial charge in [0.1, 0.15) is 0 Å². The van der Waals surface area contributed by atoms with Crippen molar-refractivity contribution < 1.29 is 4.79 Å². The van der Waals surface area contributed by atoms with E-state index in [0.717, 1.165) is 24.0 Å². The number of benzene rings is 2. The normalized spacial score (nSPS) is 15.2. The third-order valence-corrected chi connectivity index (χ3v) is 5.44. The molecule has 1 amide bonds. The quantitative estimate of drug-likeness (QED) is 0.638. The van der Waals surface area contributed by atoms with Crippen molar-refractivity contribution in [2.24, 2.45) is 4.99 Å².